The van der Waals surface area contributed by atoms with Gasteiger partial charge in [0, 0.05) is 18.0 Å². The number of amides is 1. The van der Waals surface area contributed by atoms with Gasteiger partial charge in [0.25, 0.3) is 5.91 Å². The van der Waals surface area contributed by atoms with Gasteiger partial charge in [-0.2, -0.15) is 0 Å². The molecule has 0 spiro atoms. The number of fused-ring (bicyclic) bond motifs is 1. The molecule has 1 aliphatic heterocycles. The van der Waals surface area contributed by atoms with Crippen molar-refractivity contribution < 1.29 is 14.7 Å². The average Bonchev–Trinajstić information content (AvgIpc) is 2.69. The number of carbonyl (C=O) groups excluding carboxylic acids is 1. The molecule has 2 heterocycles. The van der Waals surface area contributed by atoms with Crippen molar-refractivity contribution in [3.8, 4) is 0 Å². The summed E-state index contributed by atoms with van der Waals surface area (Å²) in [7, 11) is 0. The predicted octanol–water partition coefficient (Wildman–Crippen LogP) is 1.78. The SMILES string of the molecule is O=C(O)C1CN(C(=O)c2cc3c(s2)CCCC3)C1. The third-order valence-electron chi connectivity index (χ3n) is 3.73. The highest BCUT2D eigenvalue weighted by Gasteiger charge is 2.36. The molecule has 1 fully saturated rings. The zero-order valence-electron chi connectivity index (χ0n) is 10.0. The van der Waals surface area contributed by atoms with Gasteiger partial charge in [-0.3, -0.25) is 9.59 Å². The second kappa shape index (κ2) is 4.39. The zero-order valence-corrected chi connectivity index (χ0v) is 10.8. The molecule has 18 heavy (non-hydrogen) atoms. The highest BCUT2D eigenvalue weighted by Crippen LogP contribution is 2.31. The molecule has 0 radical (unpaired) electrons. The summed E-state index contributed by atoms with van der Waals surface area (Å²) in [6, 6.07) is 2.01. The Morgan fingerprint density at radius 3 is 2.67 bits per heavy atom. The molecule has 1 aliphatic carbocycles. The second-order valence-corrected chi connectivity index (χ2v) is 6.15. The maximum atomic E-state index is 12.2. The van der Waals surface area contributed by atoms with Crippen molar-refractivity contribution in [1.82, 2.24) is 4.90 Å². The summed E-state index contributed by atoms with van der Waals surface area (Å²) in [6.07, 6.45) is 4.59. The van der Waals surface area contributed by atoms with Crippen LogP contribution in [-0.2, 0) is 17.6 Å². The van der Waals surface area contributed by atoms with Gasteiger partial charge >= 0.3 is 5.97 Å². The Balaban J connectivity index is 1.70. The lowest BCUT2D eigenvalue weighted by Crippen LogP contribution is -2.52. The van der Waals surface area contributed by atoms with Gasteiger partial charge in [0.05, 0.1) is 10.8 Å². The molecule has 1 saturated heterocycles. The molecular weight excluding hydrogens is 250 g/mol. The number of thiophene rings is 1. The summed E-state index contributed by atoms with van der Waals surface area (Å²) < 4.78 is 0. The lowest BCUT2D eigenvalue weighted by molar-refractivity contribution is -0.146. The van der Waals surface area contributed by atoms with E-state index in [1.165, 1.54) is 23.3 Å². The van der Waals surface area contributed by atoms with Crippen LogP contribution in [0.3, 0.4) is 0 Å². The van der Waals surface area contributed by atoms with E-state index in [0.29, 0.717) is 13.1 Å². The van der Waals surface area contributed by atoms with Gasteiger partial charge < -0.3 is 10.0 Å². The first-order valence-electron chi connectivity index (χ1n) is 6.29. The lowest BCUT2D eigenvalue weighted by atomic mass is 9.98. The summed E-state index contributed by atoms with van der Waals surface area (Å²) in [5.41, 5.74) is 1.32. The number of carboxylic acid groups (broad SMARTS) is 1. The topological polar surface area (TPSA) is 57.6 Å². The van der Waals surface area contributed by atoms with E-state index in [-0.39, 0.29) is 11.8 Å². The molecule has 4 nitrogen and oxygen atoms in total. The molecule has 0 aromatic carbocycles. The Labute approximate surface area is 109 Å². The van der Waals surface area contributed by atoms with Crippen molar-refractivity contribution in [2.24, 2.45) is 5.92 Å². The van der Waals surface area contributed by atoms with Crippen LogP contribution in [0.4, 0.5) is 0 Å². The van der Waals surface area contributed by atoms with E-state index < -0.39 is 5.97 Å². The normalized spacial score (nSPS) is 19.2. The van der Waals surface area contributed by atoms with Crippen molar-refractivity contribution >= 4 is 23.2 Å². The Kier molecular flexibility index (Phi) is 2.86. The molecule has 3 rings (SSSR count). The second-order valence-electron chi connectivity index (χ2n) is 5.01. The summed E-state index contributed by atoms with van der Waals surface area (Å²) in [4.78, 5) is 26.6. The molecule has 0 atom stereocenters. The first-order chi connectivity index (χ1) is 8.65. The van der Waals surface area contributed by atoms with Crippen LogP contribution < -0.4 is 0 Å². The molecule has 0 unspecified atom stereocenters. The number of hydrogen-bond acceptors (Lipinski definition) is 3. The van der Waals surface area contributed by atoms with E-state index in [0.717, 1.165) is 17.7 Å². The van der Waals surface area contributed by atoms with E-state index in [9.17, 15) is 9.59 Å². The van der Waals surface area contributed by atoms with Crippen LogP contribution in [-0.4, -0.2) is 35.0 Å². The molecule has 0 saturated carbocycles. The van der Waals surface area contributed by atoms with Crippen LogP contribution in [0.2, 0.25) is 0 Å². The number of hydrogen-bond donors (Lipinski definition) is 1. The fourth-order valence-corrected chi connectivity index (χ4v) is 3.77. The van der Waals surface area contributed by atoms with Gasteiger partial charge in [-0.15, -0.1) is 11.3 Å². The molecule has 5 heteroatoms. The van der Waals surface area contributed by atoms with Gasteiger partial charge in [-0.25, -0.2) is 0 Å². The van der Waals surface area contributed by atoms with Crippen LogP contribution in [0.1, 0.15) is 33.0 Å². The number of carbonyl (C=O) groups is 2. The number of aliphatic carboxylic acids is 1. The summed E-state index contributed by atoms with van der Waals surface area (Å²) in [5, 5.41) is 8.80. The maximum Gasteiger partial charge on any atom is 0.310 e. The Morgan fingerprint density at radius 1 is 1.28 bits per heavy atom. The monoisotopic (exact) mass is 265 g/mol. The third-order valence-corrected chi connectivity index (χ3v) is 4.95. The van der Waals surface area contributed by atoms with E-state index in [1.54, 1.807) is 16.2 Å². The number of likely N-dealkylation sites (tertiary alicyclic amines) is 1. The first-order valence-corrected chi connectivity index (χ1v) is 7.10. The fraction of sp³-hybridized carbons (Fsp3) is 0.538. The highest BCUT2D eigenvalue weighted by molar-refractivity contribution is 7.14. The van der Waals surface area contributed by atoms with Crippen LogP contribution in [0.15, 0.2) is 6.07 Å². The van der Waals surface area contributed by atoms with E-state index in [1.807, 2.05) is 6.07 Å². The number of nitrogens with zero attached hydrogens (tertiary/aromatic N) is 1. The molecule has 1 aromatic rings. The van der Waals surface area contributed by atoms with Gasteiger partial charge in [0.2, 0.25) is 0 Å². The van der Waals surface area contributed by atoms with Gasteiger partial charge in [0.1, 0.15) is 0 Å². The van der Waals surface area contributed by atoms with Crippen LogP contribution in [0.5, 0.6) is 0 Å². The largest absolute Gasteiger partial charge is 0.481 e. The summed E-state index contributed by atoms with van der Waals surface area (Å²) in [6.45, 7) is 0.716. The van der Waals surface area contributed by atoms with Gasteiger partial charge in [0.15, 0.2) is 0 Å². The van der Waals surface area contributed by atoms with Crippen LogP contribution >= 0.6 is 11.3 Å². The van der Waals surface area contributed by atoms with Gasteiger partial charge in [-0.05, 0) is 37.3 Å². The Hall–Kier alpha value is -1.36. The Morgan fingerprint density at radius 2 is 2.00 bits per heavy atom. The minimum Gasteiger partial charge on any atom is -0.481 e. The minimum atomic E-state index is -0.801. The molecular formula is C13H15NO3S. The molecule has 96 valence electrons. The Bertz CT molecular complexity index is 479. The fourth-order valence-electron chi connectivity index (χ4n) is 2.55. The maximum absolute atomic E-state index is 12.2. The van der Waals surface area contributed by atoms with E-state index in [2.05, 4.69) is 0 Å². The minimum absolute atomic E-state index is 0.00639. The average molecular weight is 265 g/mol. The molecule has 1 N–H and O–H groups in total. The van der Waals surface area contributed by atoms with Crippen molar-refractivity contribution in [2.75, 3.05) is 13.1 Å². The van der Waals surface area contributed by atoms with Crippen LogP contribution in [0, 0.1) is 5.92 Å². The van der Waals surface area contributed by atoms with Crippen molar-refractivity contribution in [2.45, 2.75) is 25.7 Å². The molecule has 0 bridgehead atoms. The summed E-state index contributed by atoms with van der Waals surface area (Å²) >= 11 is 1.59. The lowest BCUT2D eigenvalue weighted by Gasteiger charge is -2.36. The van der Waals surface area contributed by atoms with Crippen LogP contribution in [0.25, 0.3) is 0 Å². The zero-order chi connectivity index (χ0) is 12.7. The van der Waals surface area contributed by atoms with Crippen molar-refractivity contribution in [3.63, 3.8) is 0 Å². The third kappa shape index (κ3) is 1.92. The van der Waals surface area contributed by atoms with E-state index >= 15 is 0 Å². The predicted molar refractivity (Wildman–Crippen MR) is 68.0 cm³/mol. The standard InChI is InChI=1S/C13H15NO3S/c15-12(14-6-9(7-14)13(16)17)11-5-8-3-1-2-4-10(8)18-11/h5,9H,1-4,6-7H2,(H,16,17). The number of aryl methyl sites for hydroxylation is 2. The highest BCUT2D eigenvalue weighted by atomic mass is 32.1. The molecule has 1 amide bonds. The summed E-state index contributed by atoms with van der Waals surface area (Å²) in [5.74, 6) is -1.17. The number of rotatable bonds is 2. The molecule has 1 aromatic heterocycles. The first kappa shape index (κ1) is 11.7. The van der Waals surface area contributed by atoms with Crippen molar-refractivity contribution in [1.29, 1.82) is 0 Å². The quantitative estimate of drug-likeness (QED) is 0.886. The number of carboxylic acids is 1. The van der Waals surface area contributed by atoms with E-state index in [4.69, 9.17) is 5.11 Å². The molecule has 2 aliphatic rings. The van der Waals surface area contributed by atoms with Crippen molar-refractivity contribution in [3.05, 3.63) is 21.4 Å². The smallest absolute Gasteiger partial charge is 0.310 e. The van der Waals surface area contributed by atoms with Gasteiger partial charge in [-0.1, -0.05) is 0 Å².